The lowest BCUT2D eigenvalue weighted by Crippen LogP contribution is -2.14. The van der Waals surface area contributed by atoms with E-state index in [1.165, 1.54) is 0 Å². The van der Waals surface area contributed by atoms with Gasteiger partial charge in [-0.3, -0.25) is 5.10 Å². The van der Waals surface area contributed by atoms with Gasteiger partial charge in [0.1, 0.15) is 11.6 Å². The summed E-state index contributed by atoms with van der Waals surface area (Å²) in [6, 6.07) is 11.8. The summed E-state index contributed by atoms with van der Waals surface area (Å²) in [7, 11) is 1.59. The molecule has 25 heavy (non-hydrogen) atoms. The van der Waals surface area contributed by atoms with E-state index in [4.69, 9.17) is 15.2 Å². The van der Waals surface area contributed by atoms with Crippen molar-refractivity contribution in [2.24, 2.45) is 5.73 Å². The standard InChI is InChI=1S/C18H20N4O3/c1-3-25-15-10-11(7-8-14(15)24-2)16(19)18-20-17(21-22-18)12-5-4-6-13(23)9-12/h4-10,16,23H,3,19H2,1-2H3,(H,20,21,22)/t16-/m0/s1. The molecule has 0 radical (unpaired) electrons. The van der Waals surface area contributed by atoms with Crippen LogP contribution in [0.3, 0.4) is 0 Å². The number of aromatic amines is 1. The van der Waals surface area contributed by atoms with Crippen LogP contribution in [-0.4, -0.2) is 34.0 Å². The first kappa shape index (κ1) is 16.8. The second-order valence-corrected chi connectivity index (χ2v) is 5.42. The Morgan fingerprint density at radius 2 is 2.04 bits per heavy atom. The minimum absolute atomic E-state index is 0.157. The molecule has 3 aromatic rings. The number of aromatic nitrogens is 3. The van der Waals surface area contributed by atoms with Crippen molar-refractivity contribution in [1.82, 2.24) is 15.2 Å². The lowest BCUT2D eigenvalue weighted by Gasteiger charge is -2.14. The van der Waals surface area contributed by atoms with Crippen LogP contribution in [0.2, 0.25) is 0 Å². The predicted octanol–water partition coefficient (Wildman–Crippen LogP) is 2.63. The minimum atomic E-state index is -0.497. The van der Waals surface area contributed by atoms with E-state index in [-0.39, 0.29) is 5.75 Å². The van der Waals surface area contributed by atoms with Gasteiger partial charge >= 0.3 is 0 Å². The van der Waals surface area contributed by atoms with Crippen LogP contribution in [0.5, 0.6) is 17.2 Å². The topological polar surface area (TPSA) is 106 Å². The van der Waals surface area contributed by atoms with Crippen molar-refractivity contribution in [2.75, 3.05) is 13.7 Å². The molecule has 3 rings (SSSR count). The second kappa shape index (κ2) is 7.23. The quantitative estimate of drug-likeness (QED) is 0.637. The molecule has 0 fully saturated rings. The van der Waals surface area contributed by atoms with Crippen LogP contribution in [0.4, 0.5) is 0 Å². The van der Waals surface area contributed by atoms with E-state index < -0.39 is 6.04 Å². The van der Waals surface area contributed by atoms with Crippen molar-refractivity contribution in [3.63, 3.8) is 0 Å². The summed E-state index contributed by atoms with van der Waals surface area (Å²) in [5, 5.41) is 16.6. The van der Waals surface area contributed by atoms with Crippen molar-refractivity contribution in [3.8, 4) is 28.6 Å². The summed E-state index contributed by atoms with van der Waals surface area (Å²) < 4.78 is 10.9. The third-order valence-corrected chi connectivity index (χ3v) is 3.75. The van der Waals surface area contributed by atoms with Crippen LogP contribution in [0.25, 0.3) is 11.4 Å². The van der Waals surface area contributed by atoms with E-state index in [1.54, 1.807) is 25.3 Å². The zero-order valence-electron chi connectivity index (χ0n) is 14.1. The maximum absolute atomic E-state index is 9.58. The number of phenolic OH excluding ortho intramolecular Hbond substituents is 1. The summed E-state index contributed by atoms with van der Waals surface area (Å²) in [4.78, 5) is 4.44. The van der Waals surface area contributed by atoms with Crippen molar-refractivity contribution in [1.29, 1.82) is 0 Å². The Kier molecular flexibility index (Phi) is 4.85. The van der Waals surface area contributed by atoms with E-state index in [0.717, 1.165) is 5.56 Å². The first-order valence-electron chi connectivity index (χ1n) is 7.90. The average molecular weight is 340 g/mol. The molecule has 130 valence electrons. The van der Waals surface area contributed by atoms with Gasteiger partial charge < -0.3 is 20.3 Å². The number of ether oxygens (including phenoxy) is 2. The van der Waals surface area contributed by atoms with E-state index in [9.17, 15) is 5.11 Å². The van der Waals surface area contributed by atoms with Gasteiger partial charge in [0.15, 0.2) is 17.3 Å². The Morgan fingerprint density at radius 1 is 1.20 bits per heavy atom. The molecule has 0 amide bonds. The maximum Gasteiger partial charge on any atom is 0.181 e. The molecule has 4 N–H and O–H groups in total. The molecule has 7 nitrogen and oxygen atoms in total. The van der Waals surface area contributed by atoms with Gasteiger partial charge in [0.2, 0.25) is 0 Å². The molecule has 0 aliphatic rings. The molecule has 0 unspecified atom stereocenters. The third-order valence-electron chi connectivity index (χ3n) is 3.75. The second-order valence-electron chi connectivity index (χ2n) is 5.42. The van der Waals surface area contributed by atoms with Crippen LogP contribution in [-0.2, 0) is 0 Å². The van der Waals surface area contributed by atoms with Gasteiger partial charge in [0.25, 0.3) is 0 Å². The molecule has 1 heterocycles. The van der Waals surface area contributed by atoms with Crippen molar-refractivity contribution in [3.05, 3.63) is 53.9 Å². The lowest BCUT2D eigenvalue weighted by atomic mass is 10.1. The fraction of sp³-hybridized carbons (Fsp3) is 0.222. The molecule has 1 atom stereocenters. The highest BCUT2D eigenvalue weighted by atomic mass is 16.5. The number of H-pyrrole nitrogens is 1. The molecule has 0 saturated heterocycles. The van der Waals surface area contributed by atoms with E-state index in [2.05, 4.69) is 15.2 Å². The average Bonchev–Trinajstić information content (AvgIpc) is 3.11. The SMILES string of the molecule is CCOc1cc([C@H](N)c2nc(-c3cccc(O)c3)n[nH]2)ccc1OC. The number of benzene rings is 2. The number of hydrogen-bond acceptors (Lipinski definition) is 6. The highest BCUT2D eigenvalue weighted by molar-refractivity contribution is 5.57. The number of methoxy groups -OCH3 is 1. The molecule has 7 heteroatoms. The molecule has 0 bridgehead atoms. The van der Waals surface area contributed by atoms with Crippen molar-refractivity contribution < 1.29 is 14.6 Å². The van der Waals surface area contributed by atoms with Gasteiger partial charge in [0.05, 0.1) is 19.8 Å². The Labute approximate surface area is 145 Å². The molecule has 0 aliphatic heterocycles. The summed E-state index contributed by atoms with van der Waals surface area (Å²) in [5.41, 5.74) is 7.84. The van der Waals surface area contributed by atoms with Crippen LogP contribution < -0.4 is 15.2 Å². The maximum atomic E-state index is 9.58. The molecule has 1 aromatic heterocycles. The summed E-state index contributed by atoms with van der Waals surface area (Å²) >= 11 is 0. The number of phenols is 1. The smallest absolute Gasteiger partial charge is 0.181 e. The molecule has 2 aromatic carbocycles. The molecular weight excluding hydrogens is 320 g/mol. The number of rotatable bonds is 6. The summed E-state index contributed by atoms with van der Waals surface area (Å²) in [6.45, 7) is 2.43. The van der Waals surface area contributed by atoms with Gasteiger partial charge in [-0.2, -0.15) is 5.10 Å². The van der Waals surface area contributed by atoms with E-state index >= 15 is 0 Å². The van der Waals surface area contributed by atoms with Gasteiger partial charge in [-0.05, 0) is 36.8 Å². The number of nitrogens with one attached hydrogen (secondary N) is 1. The Balaban J connectivity index is 1.89. The minimum Gasteiger partial charge on any atom is -0.508 e. The first-order valence-corrected chi connectivity index (χ1v) is 7.90. The molecular formula is C18H20N4O3. The molecule has 0 saturated carbocycles. The number of nitrogens with zero attached hydrogens (tertiary/aromatic N) is 2. The largest absolute Gasteiger partial charge is 0.508 e. The van der Waals surface area contributed by atoms with Crippen LogP contribution >= 0.6 is 0 Å². The van der Waals surface area contributed by atoms with Crippen LogP contribution in [0.15, 0.2) is 42.5 Å². The molecule has 0 spiro atoms. The van der Waals surface area contributed by atoms with E-state index in [1.807, 2.05) is 31.2 Å². The Hall–Kier alpha value is -3.06. The Morgan fingerprint density at radius 3 is 2.76 bits per heavy atom. The lowest BCUT2D eigenvalue weighted by molar-refractivity contribution is 0.310. The monoisotopic (exact) mass is 340 g/mol. The molecule has 0 aliphatic carbocycles. The number of aromatic hydroxyl groups is 1. The van der Waals surface area contributed by atoms with Crippen molar-refractivity contribution >= 4 is 0 Å². The van der Waals surface area contributed by atoms with Gasteiger partial charge in [-0.1, -0.05) is 18.2 Å². The van der Waals surface area contributed by atoms with Gasteiger partial charge in [-0.25, -0.2) is 4.98 Å². The summed E-state index contributed by atoms with van der Waals surface area (Å²) in [5.74, 6) is 2.43. The summed E-state index contributed by atoms with van der Waals surface area (Å²) in [6.07, 6.45) is 0. The highest BCUT2D eigenvalue weighted by Gasteiger charge is 2.17. The third kappa shape index (κ3) is 3.56. The van der Waals surface area contributed by atoms with Crippen LogP contribution in [0, 0.1) is 0 Å². The van der Waals surface area contributed by atoms with Crippen molar-refractivity contribution in [2.45, 2.75) is 13.0 Å². The number of hydrogen-bond donors (Lipinski definition) is 3. The predicted molar refractivity (Wildman–Crippen MR) is 93.7 cm³/mol. The normalized spacial score (nSPS) is 12.0. The van der Waals surface area contributed by atoms with Crippen LogP contribution in [0.1, 0.15) is 24.4 Å². The van der Waals surface area contributed by atoms with Gasteiger partial charge in [0, 0.05) is 5.56 Å². The Bertz CT molecular complexity index is 863. The van der Waals surface area contributed by atoms with Gasteiger partial charge in [-0.15, -0.1) is 0 Å². The number of nitrogens with two attached hydrogens (primary N) is 1. The fourth-order valence-corrected chi connectivity index (χ4v) is 2.50. The van der Waals surface area contributed by atoms with E-state index in [0.29, 0.717) is 35.3 Å². The zero-order chi connectivity index (χ0) is 17.8. The zero-order valence-corrected chi connectivity index (χ0v) is 14.1. The first-order chi connectivity index (χ1) is 12.1. The fourth-order valence-electron chi connectivity index (χ4n) is 2.50. The highest BCUT2D eigenvalue weighted by Crippen LogP contribution is 2.31.